The van der Waals surface area contributed by atoms with E-state index in [-0.39, 0.29) is 37.5 Å². The van der Waals surface area contributed by atoms with Crippen LogP contribution in [-0.2, 0) is 22.7 Å². The zero-order valence-electron chi connectivity index (χ0n) is 22.7. The van der Waals surface area contributed by atoms with Crippen LogP contribution in [0.25, 0.3) is 11.0 Å². The van der Waals surface area contributed by atoms with E-state index in [1.165, 1.54) is 0 Å². The van der Waals surface area contributed by atoms with Gasteiger partial charge in [-0.25, -0.2) is 13.8 Å². The van der Waals surface area contributed by atoms with Crippen molar-refractivity contribution in [2.24, 2.45) is 0 Å². The second-order valence-corrected chi connectivity index (χ2v) is 10.4. The molecule has 41 heavy (non-hydrogen) atoms. The van der Waals surface area contributed by atoms with Crippen LogP contribution in [0.5, 0.6) is 17.2 Å². The van der Waals surface area contributed by atoms with E-state index in [1.54, 1.807) is 35.9 Å². The summed E-state index contributed by atoms with van der Waals surface area (Å²) in [6.45, 7) is 0.395. The quantitative estimate of drug-likeness (QED) is 0.277. The number of amides is 1. The number of fused-ring (bicyclic) bond motifs is 2. The van der Waals surface area contributed by atoms with Crippen molar-refractivity contribution in [3.63, 3.8) is 0 Å². The average Bonchev–Trinajstić information content (AvgIpc) is 3.59. The van der Waals surface area contributed by atoms with E-state index in [4.69, 9.17) is 18.9 Å². The predicted molar refractivity (Wildman–Crippen MR) is 147 cm³/mol. The van der Waals surface area contributed by atoms with E-state index >= 15 is 0 Å². The number of benzene rings is 3. The van der Waals surface area contributed by atoms with Crippen molar-refractivity contribution in [1.82, 2.24) is 14.9 Å². The van der Waals surface area contributed by atoms with Crippen LogP contribution in [0.1, 0.15) is 55.1 Å². The van der Waals surface area contributed by atoms with Crippen molar-refractivity contribution < 1.29 is 32.5 Å². The first-order valence-electron chi connectivity index (χ1n) is 13.8. The SMILES string of the molecule is COc1ccc(C(C(=O)NC2CCCCC2)n2c(COCc3ccc4c(c3)OCO4)nc3cc(F)c(F)cc32)cc1. The highest BCUT2D eigenvalue weighted by molar-refractivity contribution is 5.87. The summed E-state index contributed by atoms with van der Waals surface area (Å²) in [5.41, 5.74) is 2.04. The van der Waals surface area contributed by atoms with E-state index in [9.17, 15) is 13.6 Å². The lowest BCUT2D eigenvalue weighted by molar-refractivity contribution is -0.124. The second kappa shape index (κ2) is 11.7. The van der Waals surface area contributed by atoms with Crippen LogP contribution in [0.3, 0.4) is 0 Å². The fourth-order valence-corrected chi connectivity index (χ4v) is 5.55. The Morgan fingerprint density at radius 1 is 1.00 bits per heavy atom. The maximum atomic E-state index is 14.6. The molecule has 6 rings (SSSR count). The van der Waals surface area contributed by atoms with Gasteiger partial charge in [-0.15, -0.1) is 0 Å². The number of hydrogen-bond acceptors (Lipinski definition) is 6. The van der Waals surface area contributed by atoms with Crippen LogP contribution in [-0.4, -0.2) is 35.4 Å². The first kappa shape index (κ1) is 27.0. The molecule has 4 aromatic rings. The molecule has 1 unspecified atom stereocenters. The lowest BCUT2D eigenvalue weighted by Gasteiger charge is -2.27. The Bertz CT molecular complexity index is 1550. The third kappa shape index (κ3) is 5.69. The number of nitrogens with one attached hydrogen (secondary N) is 1. The van der Waals surface area contributed by atoms with Crippen LogP contribution in [0, 0.1) is 11.6 Å². The summed E-state index contributed by atoms with van der Waals surface area (Å²) < 4.78 is 52.7. The molecule has 1 aliphatic heterocycles. The summed E-state index contributed by atoms with van der Waals surface area (Å²) in [6.07, 6.45) is 5.05. The number of ether oxygens (including phenoxy) is 4. The molecule has 1 fully saturated rings. The largest absolute Gasteiger partial charge is 0.497 e. The molecule has 1 amide bonds. The summed E-state index contributed by atoms with van der Waals surface area (Å²) in [5, 5.41) is 3.20. The third-order valence-corrected chi connectivity index (χ3v) is 7.63. The highest BCUT2D eigenvalue weighted by Crippen LogP contribution is 2.33. The maximum Gasteiger partial charge on any atom is 0.247 e. The first-order chi connectivity index (χ1) is 20.0. The summed E-state index contributed by atoms with van der Waals surface area (Å²) in [5.74, 6) is 0.0361. The van der Waals surface area contributed by atoms with Gasteiger partial charge in [0.2, 0.25) is 12.7 Å². The van der Waals surface area contributed by atoms with Crippen LogP contribution in [0.2, 0.25) is 0 Å². The number of nitrogens with zero attached hydrogens (tertiary/aromatic N) is 2. The zero-order chi connectivity index (χ0) is 28.3. The zero-order valence-corrected chi connectivity index (χ0v) is 22.7. The number of carbonyl (C=O) groups is 1. The molecule has 10 heteroatoms. The van der Waals surface area contributed by atoms with Gasteiger partial charge < -0.3 is 28.8 Å². The van der Waals surface area contributed by atoms with Gasteiger partial charge in [0.25, 0.3) is 0 Å². The Hall–Kier alpha value is -4.18. The number of imidazole rings is 1. The highest BCUT2D eigenvalue weighted by Gasteiger charge is 2.30. The van der Waals surface area contributed by atoms with Gasteiger partial charge in [0.1, 0.15) is 24.2 Å². The summed E-state index contributed by atoms with van der Waals surface area (Å²) in [6, 6.07) is 13.9. The average molecular weight is 564 g/mol. The van der Waals surface area contributed by atoms with E-state index in [2.05, 4.69) is 10.3 Å². The minimum Gasteiger partial charge on any atom is -0.497 e. The maximum absolute atomic E-state index is 14.6. The van der Waals surface area contributed by atoms with E-state index in [0.29, 0.717) is 34.2 Å². The van der Waals surface area contributed by atoms with Crippen LogP contribution in [0.4, 0.5) is 8.78 Å². The Balaban J connectivity index is 1.37. The molecule has 8 nitrogen and oxygen atoms in total. The van der Waals surface area contributed by atoms with Gasteiger partial charge in [-0.3, -0.25) is 4.79 Å². The number of carbonyl (C=O) groups excluding carboxylic acids is 1. The first-order valence-corrected chi connectivity index (χ1v) is 13.8. The monoisotopic (exact) mass is 563 g/mol. The normalized spacial score (nSPS) is 15.7. The minimum absolute atomic E-state index is 0.00424. The fraction of sp³-hybridized carbons (Fsp3) is 0.355. The van der Waals surface area contributed by atoms with Crippen molar-refractivity contribution in [3.8, 4) is 17.2 Å². The van der Waals surface area contributed by atoms with Gasteiger partial charge in [-0.1, -0.05) is 37.5 Å². The van der Waals surface area contributed by atoms with E-state index in [0.717, 1.165) is 49.8 Å². The van der Waals surface area contributed by atoms with Crippen molar-refractivity contribution in [3.05, 3.63) is 83.2 Å². The molecular weight excluding hydrogens is 532 g/mol. The molecule has 0 saturated heterocycles. The number of aromatic nitrogens is 2. The molecule has 1 aromatic heterocycles. The molecular formula is C31H31F2N3O5. The summed E-state index contributed by atoms with van der Waals surface area (Å²) in [7, 11) is 1.57. The molecule has 0 spiro atoms. The molecule has 0 bridgehead atoms. The number of rotatable bonds is 9. The second-order valence-electron chi connectivity index (χ2n) is 10.4. The smallest absolute Gasteiger partial charge is 0.247 e. The number of methoxy groups -OCH3 is 1. The fourth-order valence-electron chi connectivity index (χ4n) is 5.55. The standard InChI is InChI=1S/C31H31F2N3O5/c1-38-22-10-8-20(9-11-22)30(31(37)34-21-5-3-2-4-6-21)36-26-15-24(33)23(32)14-25(26)35-29(36)17-39-16-19-7-12-27-28(13-19)41-18-40-27/h7-15,21,30H,2-6,16-18H2,1H3,(H,34,37). The van der Waals surface area contributed by atoms with Gasteiger partial charge in [0, 0.05) is 18.2 Å². The molecule has 2 aliphatic rings. The van der Waals surface area contributed by atoms with Crippen LogP contribution < -0.4 is 19.5 Å². The topological polar surface area (TPSA) is 83.8 Å². The lowest BCUT2D eigenvalue weighted by atomic mass is 9.95. The van der Waals surface area contributed by atoms with Gasteiger partial charge in [-0.2, -0.15) is 0 Å². The molecule has 1 atom stereocenters. The molecule has 2 heterocycles. The number of halogens is 2. The Labute approximate surface area is 236 Å². The number of hydrogen-bond donors (Lipinski definition) is 1. The van der Waals surface area contributed by atoms with Crippen LogP contribution >= 0.6 is 0 Å². The lowest BCUT2D eigenvalue weighted by Crippen LogP contribution is -2.41. The Morgan fingerprint density at radius 3 is 2.54 bits per heavy atom. The molecule has 1 N–H and O–H groups in total. The van der Waals surface area contributed by atoms with Crippen LogP contribution in [0.15, 0.2) is 54.6 Å². The van der Waals surface area contributed by atoms with Crippen molar-refractivity contribution >= 4 is 16.9 Å². The predicted octanol–water partition coefficient (Wildman–Crippen LogP) is 5.81. The van der Waals surface area contributed by atoms with Gasteiger partial charge >= 0.3 is 0 Å². The summed E-state index contributed by atoms with van der Waals surface area (Å²) >= 11 is 0. The van der Waals surface area contributed by atoms with Crippen molar-refractivity contribution in [2.45, 2.75) is 57.4 Å². The van der Waals surface area contributed by atoms with Gasteiger partial charge in [0.05, 0.1) is 24.8 Å². The van der Waals surface area contributed by atoms with E-state index in [1.807, 2.05) is 18.2 Å². The molecule has 1 aliphatic carbocycles. The minimum atomic E-state index is -1.02. The Kier molecular flexibility index (Phi) is 7.74. The highest BCUT2D eigenvalue weighted by atomic mass is 19.2. The molecule has 214 valence electrons. The van der Waals surface area contributed by atoms with Crippen molar-refractivity contribution in [2.75, 3.05) is 13.9 Å². The molecule has 0 radical (unpaired) electrons. The Morgan fingerprint density at radius 2 is 1.76 bits per heavy atom. The summed E-state index contributed by atoms with van der Waals surface area (Å²) in [4.78, 5) is 18.6. The van der Waals surface area contributed by atoms with Gasteiger partial charge in [-0.05, 0) is 48.2 Å². The third-order valence-electron chi connectivity index (χ3n) is 7.63. The molecule has 1 saturated carbocycles. The van der Waals surface area contributed by atoms with E-state index < -0.39 is 17.7 Å². The van der Waals surface area contributed by atoms with Crippen molar-refractivity contribution in [1.29, 1.82) is 0 Å². The molecule has 3 aromatic carbocycles. The van der Waals surface area contributed by atoms with Gasteiger partial charge in [0.15, 0.2) is 23.1 Å².